The van der Waals surface area contributed by atoms with Crippen LogP contribution in [0.25, 0.3) is 0 Å². The van der Waals surface area contributed by atoms with Crippen LogP contribution in [0.3, 0.4) is 0 Å². The van der Waals surface area contributed by atoms with Gasteiger partial charge < -0.3 is 10.2 Å². The molecule has 0 unspecified atom stereocenters. The second kappa shape index (κ2) is 6.92. The zero-order valence-corrected chi connectivity index (χ0v) is 12.4. The Morgan fingerprint density at radius 3 is 2.57 bits per heavy atom. The molecule has 1 aliphatic carbocycles. The van der Waals surface area contributed by atoms with Gasteiger partial charge in [-0.25, -0.2) is 0 Å². The molecule has 0 spiro atoms. The fourth-order valence-electron chi connectivity index (χ4n) is 2.24. The number of ketones is 1. The average Bonchev–Trinajstić information content (AvgIpc) is 2.42. The Bertz CT molecular complexity index is 559. The largest absolute Gasteiger partial charge is 0.484 e. The zero-order valence-electron chi connectivity index (χ0n) is 12.4. The highest BCUT2D eigenvalue weighted by molar-refractivity contribution is 5.91. The Balaban J connectivity index is 1.78. The van der Waals surface area contributed by atoms with Gasteiger partial charge in [-0.15, -0.1) is 0 Å². The fourth-order valence-corrected chi connectivity index (χ4v) is 2.24. The van der Waals surface area contributed by atoms with E-state index in [1.807, 2.05) is 32.0 Å². The van der Waals surface area contributed by atoms with Crippen molar-refractivity contribution < 1.29 is 14.3 Å². The van der Waals surface area contributed by atoms with Gasteiger partial charge in [-0.3, -0.25) is 15.0 Å². The monoisotopic (exact) mass is 288 g/mol. The molecule has 21 heavy (non-hydrogen) atoms. The van der Waals surface area contributed by atoms with E-state index in [1.54, 1.807) is 0 Å². The molecule has 0 bridgehead atoms. The fraction of sp³-hybridized carbons (Fsp3) is 0.375. The number of carbonyl (C=O) groups excluding carboxylic acids is 2. The molecule has 2 N–H and O–H groups in total. The van der Waals surface area contributed by atoms with Gasteiger partial charge >= 0.3 is 0 Å². The summed E-state index contributed by atoms with van der Waals surface area (Å²) in [5.74, 6) is 0.479. The minimum atomic E-state index is -0.284. The maximum absolute atomic E-state index is 11.7. The van der Waals surface area contributed by atoms with Crippen LogP contribution in [-0.4, -0.2) is 18.3 Å². The summed E-state index contributed by atoms with van der Waals surface area (Å²) in [7, 11) is 0. The zero-order chi connectivity index (χ0) is 15.2. The summed E-state index contributed by atoms with van der Waals surface area (Å²) in [4.78, 5) is 22.9. The lowest BCUT2D eigenvalue weighted by molar-refractivity contribution is -0.124. The van der Waals surface area contributed by atoms with Crippen LogP contribution in [0.2, 0.25) is 0 Å². The smallest absolute Gasteiger partial charge is 0.276 e. The maximum atomic E-state index is 11.7. The Morgan fingerprint density at radius 1 is 1.19 bits per heavy atom. The number of amides is 1. The lowest BCUT2D eigenvalue weighted by atomic mass is 10.0. The molecule has 112 valence electrons. The molecule has 0 radical (unpaired) electrons. The van der Waals surface area contributed by atoms with E-state index in [-0.39, 0.29) is 18.3 Å². The van der Waals surface area contributed by atoms with Crippen LogP contribution < -0.4 is 15.6 Å². The van der Waals surface area contributed by atoms with Crippen molar-refractivity contribution in [3.63, 3.8) is 0 Å². The molecule has 0 saturated carbocycles. The number of hydrazine groups is 1. The van der Waals surface area contributed by atoms with Crippen molar-refractivity contribution in [3.05, 3.63) is 41.1 Å². The van der Waals surface area contributed by atoms with Crippen molar-refractivity contribution in [3.8, 4) is 5.75 Å². The number of benzene rings is 1. The standard InChI is InChI=1S/C16H20N2O3/c1-11-6-12(2)8-15(7-11)21-10-16(20)18-17-13-4-3-5-14(19)9-13/h6-9,17H,3-5,10H2,1-2H3,(H,18,20). The van der Waals surface area contributed by atoms with Crippen LogP contribution in [0.4, 0.5) is 0 Å². The van der Waals surface area contributed by atoms with E-state index in [0.29, 0.717) is 12.2 Å². The normalized spacial score (nSPS) is 14.4. The lowest BCUT2D eigenvalue weighted by Crippen LogP contribution is -2.40. The van der Waals surface area contributed by atoms with E-state index in [1.165, 1.54) is 6.08 Å². The van der Waals surface area contributed by atoms with Gasteiger partial charge in [0.2, 0.25) is 0 Å². The van der Waals surface area contributed by atoms with Gasteiger partial charge in [0.25, 0.3) is 5.91 Å². The second-order valence-electron chi connectivity index (χ2n) is 5.27. The van der Waals surface area contributed by atoms with Crippen molar-refractivity contribution in [2.75, 3.05) is 6.61 Å². The van der Waals surface area contributed by atoms with Crippen molar-refractivity contribution in [2.24, 2.45) is 0 Å². The Morgan fingerprint density at radius 2 is 1.90 bits per heavy atom. The first-order chi connectivity index (χ1) is 10.0. The number of carbonyl (C=O) groups is 2. The number of hydrogen-bond acceptors (Lipinski definition) is 4. The van der Waals surface area contributed by atoms with E-state index in [0.717, 1.165) is 29.7 Å². The Kier molecular flexibility index (Phi) is 4.98. The first kappa shape index (κ1) is 15.1. The maximum Gasteiger partial charge on any atom is 0.276 e. The van der Waals surface area contributed by atoms with Gasteiger partial charge in [-0.05, 0) is 49.9 Å². The summed E-state index contributed by atoms with van der Waals surface area (Å²) in [5.41, 5.74) is 8.24. The number of allylic oxidation sites excluding steroid dienone is 2. The molecule has 5 heteroatoms. The van der Waals surface area contributed by atoms with Gasteiger partial charge in [0.1, 0.15) is 5.75 Å². The third kappa shape index (κ3) is 4.95. The summed E-state index contributed by atoms with van der Waals surface area (Å²) >= 11 is 0. The molecule has 5 nitrogen and oxygen atoms in total. The predicted molar refractivity (Wildman–Crippen MR) is 79.6 cm³/mol. The number of hydrogen-bond donors (Lipinski definition) is 2. The molecule has 1 aromatic rings. The van der Waals surface area contributed by atoms with Crippen LogP contribution in [0.5, 0.6) is 5.75 Å². The van der Waals surface area contributed by atoms with E-state index < -0.39 is 0 Å². The van der Waals surface area contributed by atoms with Crippen molar-refractivity contribution in [1.29, 1.82) is 0 Å². The third-order valence-electron chi connectivity index (χ3n) is 3.13. The number of ether oxygens (including phenoxy) is 1. The van der Waals surface area contributed by atoms with Gasteiger partial charge in [0.05, 0.1) is 0 Å². The quantitative estimate of drug-likeness (QED) is 0.813. The third-order valence-corrected chi connectivity index (χ3v) is 3.13. The molecule has 0 fully saturated rings. The summed E-state index contributed by atoms with van der Waals surface area (Å²) in [6.07, 6.45) is 3.69. The molecule has 0 saturated heterocycles. The molecule has 2 rings (SSSR count). The average molecular weight is 288 g/mol. The van der Waals surface area contributed by atoms with Crippen molar-refractivity contribution >= 4 is 11.7 Å². The molecule has 0 heterocycles. The Hall–Kier alpha value is -2.30. The van der Waals surface area contributed by atoms with Crippen molar-refractivity contribution in [1.82, 2.24) is 10.9 Å². The number of nitrogens with one attached hydrogen (secondary N) is 2. The molecule has 1 aliphatic rings. The van der Waals surface area contributed by atoms with E-state index in [4.69, 9.17) is 4.74 Å². The summed E-state index contributed by atoms with van der Waals surface area (Å²) in [6, 6.07) is 5.81. The second-order valence-corrected chi connectivity index (χ2v) is 5.27. The van der Waals surface area contributed by atoms with E-state index >= 15 is 0 Å². The number of rotatable bonds is 5. The lowest BCUT2D eigenvalue weighted by Gasteiger charge is -2.15. The summed E-state index contributed by atoms with van der Waals surface area (Å²) in [6.45, 7) is 3.89. The van der Waals surface area contributed by atoms with Crippen LogP contribution in [0.1, 0.15) is 30.4 Å². The molecule has 0 atom stereocenters. The highest BCUT2D eigenvalue weighted by Crippen LogP contribution is 2.16. The van der Waals surface area contributed by atoms with Crippen LogP contribution in [-0.2, 0) is 9.59 Å². The SMILES string of the molecule is Cc1cc(C)cc(OCC(=O)NNC2=CC(=O)CCC2)c1. The predicted octanol–water partition coefficient (Wildman–Crippen LogP) is 1.94. The van der Waals surface area contributed by atoms with Gasteiger partial charge in [0, 0.05) is 18.2 Å². The molecule has 0 aromatic heterocycles. The van der Waals surface area contributed by atoms with Gasteiger partial charge in [-0.2, -0.15) is 0 Å². The van der Waals surface area contributed by atoms with E-state index in [9.17, 15) is 9.59 Å². The minimum Gasteiger partial charge on any atom is -0.484 e. The summed E-state index contributed by atoms with van der Waals surface area (Å²) < 4.78 is 5.45. The minimum absolute atomic E-state index is 0.0723. The van der Waals surface area contributed by atoms with Crippen LogP contribution in [0, 0.1) is 13.8 Å². The number of aryl methyl sites for hydroxylation is 2. The summed E-state index contributed by atoms with van der Waals surface area (Å²) in [5, 5.41) is 0. The first-order valence-electron chi connectivity index (χ1n) is 7.02. The highest BCUT2D eigenvalue weighted by Gasteiger charge is 2.10. The molecule has 0 aliphatic heterocycles. The van der Waals surface area contributed by atoms with Gasteiger partial charge in [-0.1, -0.05) is 6.07 Å². The van der Waals surface area contributed by atoms with Gasteiger partial charge in [0.15, 0.2) is 12.4 Å². The van der Waals surface area contributed by atoms with Crippen LogP contribution >= 0.6 is 0 Å². The Labute approximate surface area is 124 Å². The van der Waals surface area contributed by atoms with Crippen molar-refractivity contribution in [2.45, 2.75) is 33.1 Å². The molecule has 1 aromatic carbocycles. The van der Waals surface area contributed by atoms with E-state index in [2.05, 4.69) is 10.9 Å². The molecule has 1 amide bonds. The van der Waals surface area contributed by atoms with Crippen LogP contribution in [0.15, 0.2) is 30.0 Å². The molecular weight excluding hydrogens is 268 g/mol. The molecular formula is C16H20N2O3. The first-order valence-corrected chi connectivity index (χ1v) is 7.02. The highest BCUT2D eigenvalue weighted by atomic mass is 16.5. The topological polar surface area (TPSA) is 67.4 Å².